The van der Waals surface area contributed by atoms with Gasteiger partial charge in [0.05, 0.1) is 12.2 Å². The third-order valence-corrected chi connectivity index (χ3v) is 9.23. The van der Waals surface area contributed by atoms with Crippen LogP contribution in [0.4, 0.5) is 0 Å². The number of carbonyl (C=O) groups excluding carboxylic acids is 1. The lowest BCUT2D eigenvalue weighted by Gasteiger charge is -2.17. The van der Waals surface area contributed by atoms with E-state index in [1.54, 1.807) is 0 Å². The second-order valence-electron chi connectivity index (χ2n) is 13.5. The molecule has 42 heavy (non-hydrogen) atoms. The molecular weight excluding hydrogens is 520 g/mol. The first-order valence-corrected chi connectivity index (χ1v) is 18.8. The Kier molecular flexibility index (Phi) is 26.9. The van der Waals surface area contributed by atoms with Gasteiger partial charge in [0.25, 0.3) is 0 Å². The van der Waals surface area contributed by atoms with Crippen molar-refractivity contribution < 1.29 is 19.7 Å². The number of rotatable bonds is 32. The number of aliphatic hydroxyl groups is 2. The highest BCUT2D eigenvalue weighted by atomic mass is 16.5. The van der Waals surface area contributed by atoms with E-state index in [-0.39, 0.29) is 12.1 Å². The van der Waals surface area contributed by atoms with Gasteiger partial charge in [-0.2, -0.15) is 0 Å². The van der Waals surface area contributed by atoms with Crippen molar-refractivity contribution in [2.45, 2.75) is 225 Å². The monoisotopic (exact) mass is 593 g/mol. The second-order valence-corrected chi connectivity index (χ2v) is 13.5. The Morgan fingerprint density at radius 3 is 1.17 bits per heavy atom. The fourth-order valence-electron chi connectivity index (χ4n) is 6.36. The molecule has 4 heteroatoms. The average molecular weight is 593 g/mol. The van der Waals surface area contributed by atoms with E-state index in [0.29, 0.717) is 0 Å². The number of hydrogen-bond donors (Lipinski definition) is 2. The molecule has 3 unspecified atom stereocenters. The van der Waals surface area contributed by atoms with E-state index < -0.39 is 12.2 Å². The highest BCUT2D eigenvalue weighted by Gasteiger charge is 2.21. The van der Waals surface area contributed by atoms with Crippen LogP contribution in [0.3, 0.4) is 0 Å². The molecule has 0 aromatic heterocycles. The summed E-state index contributed by atoms with van der Waals surface area (Å²) in [7, 11) is 0. The van der Waals surface area contributed by atoms with Crippen LogP contribution < -0.4 is 0 Å². The van der Waals surface area contributed by atoms with Crippen LogP contribution in [0, 0.1) is 0 Å². The van der Waals surface area contributed by atoms with Gasteiger partial charge in [-0.25, -0.2) is 4.79 Å². The molecule has 248 valence electrons. The normalized spacial score (nSPS) is 16.5. The lowest BCUT2D eigenvalue weighted by Crippen LogP contribution is -2.25. The summed E-state index contributed by atoms with van der Waals surface area (Å²) in [4.78, 5) is 11.6. The Morgan fingerprint density at radius 1 is 0.548 bits per heavy atom. The average Bonchev–Trinajstić information content (AvgIpc) is 3.31. The molecule has 0 aromatic carbocycles. The van der Waals surface area contributed by atoms with Crippen LogP contribution in [0.15, 0.2) is 11.6 Å². The van der Waals surface area contributed by atoms with Gasteiger partial charge in [0.1, 0.15) is 6.10 Å². The van der Waals surface area contributed by atoms with E-state index in [1.807, 2.05) is 13.0 Å². The van der Waals surface area contributed by atoms with Gasteiger partial charge >= 0.3 is 5.97 Å². The Hall–Kier alpha value is -0.870. The zero-order chi connectivity index (χ0) is 30.5. The first kappa shape index (κ1) is 39.2. The van der Waals surface area contributed by atoms with Gasteiger partial charge in [0, 0.05) is 5.57 Å². The summed E-state index contributed by atoms with van der Waals surface area (Å²) in [6, 6.07) is 0. The number of esters is 1. The Morgan fingerprint density at radius 2 is 0.857 bits per heavy atom. The van der Waals surface area contributed by atoms with Crippen LogP contribution in [-0.4, -0.2) is 34.5 Å². The summed E-state index contributed by atoms with van der Waals surface area (Å²) in [6.07, 6.45) is 38.6. The standard InChI is InChI=1S/C38H72O4/c1-3-4-5-6-7-18-22-25-28-31-36(39)37(40)32-29-26-23-20-17-15-13-11-9-8-10-12-14-16-19-21-24-27-30-35-33-34(2)42-38(35)41/h33-34,36-37,39-40H,3-32H2,1-2H3. The molecule has 4 nitrogen and oxygen atoms in total. The third-order valence-electron chi connectivity index (χ3n) is 9.23. The summed E-state index contributed by atoms with van der Waals surface area (Å²) < 4.78 is 5.15. The van der Waals surface area contributed by atoms with E-state index in [2.05, 4.69) is 6.92 Å². The molecule has 0 fully saturated rings. The third kappa shape index (κ3) is 23.6. The molecule has 3 atom stereocenters. The quantitative estimate of drug-likeness (QED) is 0.0602. The predicted molar refractivity (Wildman–Crippen MR) is 180 cm³/mol. The highest BCUT2D eigenvalue weighted by molar-refractivity contribution is 5.90. The predicted octanol–water partition coefficient (Wildman–Crippen LogP) is 11.3. The molecule has 2 N–H and O–H groups in total. The molecule has 0 spiro atoms. The SMILES string of the molecule is CCCCCCCCCCCC(O)C(O)CCCCCCCCCCCCCCCCCCCCC1=CC(C)OC1=O. The Balaban J connectivity index is 1.73. The van der Waals surface area contributed by atoms with Crippen molar-refractivity contribution in [3.63, 3.8) is 0 Å². The summed E-state index contributed by atoms with van der Waals surface area (Å²) in [5, 5.41) is 20.5. The van der Waals surface area contributed by atoms with Crippen LogP contribution in [-0.2, 0) is 9.53 Å². The molecule has 0 radical (unpaired) electrons. The summed E-state index contributed by atoms with van der Waals surface area (Å²) in [6.45, 7) is 4.19. The molecule has 0 bridgehead atoms. The van der Waals surface area contributed by atoms with Crippen LogP contribution >= 0.6 is 0 Å². The molecule has 1 rings (SSSR count). The largest absolute Gasteiger partial charge is 0.455 e. The van der Waals surface area contributed by atoms with Crippen molar-refractivity contribution in [1.29, 1.82) is 0 Å². The second kappa shape index (κ2) is 28.9. The maximum Gasteiger partial charge on any atom is 0.334 e. The van der Waals surface area contributed by atoms with Gasteiger partial charge in [0.15, 0.2) is 0 Å². The summed E-state index contributed by atoms with van der Waals surface area (Å²) in [5.41, 5.74) is 0.890. The fourth-order valence-corrected chi connectivity index (χ4v) is 6.36. The zero-order valence-corrected chi connectivity index (χ0v) is 28.2. The van der Waals surface area contributed by atoms with E-state index >= 15 is 0 Å². The van der Waals surface area contributed by atoms with Gasteiger partial charge in [-0.3, -0.25) is 0 Å². The molecule has 0 aliphatic carbocycles. The highest BCUT2D eigenvalue weighted by Crippen LogP contribution is 2.21. The molecule has 0 amide bonds. The molecule has 0 saturated heterocycles. The van der Waals surface area contributed by atoms with Gasteiger partial charge in [-0.1, -0.05) is 174 Å². The van der Waals surface area contributed by atoms with Crippen LogP contribution in [0.1, 0.15) is 206 Å². The number of carbonyl (C=O) groups is 1. The maximum atomic E-state index is 11.6. The van der Waals surface area contributed by atoms with Gasteiger partial charge in [0.2, 0.25) is 0 Å². The lowest BCUT2D eigenvalue weighted by molar-refractivity contribution is -0.139. The van der Waals surface area contributed by atoms with Crippen LogP contribution in [0.2, 0.25) is 0 Å². The minimum absolute atomic E-state index is 0.0268. The first-order valence-electron chi connectivity index (χ1n) is 18.8. The fraction of sp³-hybridized carbons (Fsp3) is 0.921. The number of cyclic esters (lactones) is 1. The Bertz CT molecular complexity index is 631. The maximum absolute atomic E-state index is 11.6. The first-order chi connectivity index (χ1) is 20.5. The zero-order valence-electron chi connectivity index (χ0n) is 28.2. The van der Waals surface area contributed by atoms with Crippen LogP contribution in [0.25, 0.3) is 0 Å². The number of hydrogen-bond acceptors (Lipinski definition) is 4. The van der Waals surface area contributed by atoms with Crippen molar-refractivity contribution in [3.05, 3.63) is 11.6 Å². The molecule has 1 aliphatic heterocycles. The number of unbranched alkanes of at least 4 members (excludes halogenated alkanes) is 25. The number of aliphatic hydroxyl groups excluding tert-OH is 2. The van der Waals surface area contributed by atoms with E-state index in [0.717, 1.165) is 44.1 Å². The summed E-state index contributed by atoms with van der Waals surface area (Å²) in [5.74, 6) is -0.0990. The minimum atomic E-state index is -0.525. The molecule has 0 aromatic rings. The number of ether oxygens (including phenoxy) is 1. The molecule has 0 saturated carbocycles. The van der Waals surface area contributed by atoms with Crippen molar-refractivity contribution >= 4 is 5.97 Å². The van der Waals surface area contributed by atoms with E-state index in [1.165, 1.54) is 154 Å². The molecule has 1 heterocycles. The van der Waals surface area contributed by atoms with Crippen molar-refractivity contribution in [2.75, 3.05) is 0 Å². The topological polar surface area (TPSA) is 66.8 Å². The van der Waals surface area contributed by atoms with Gasteiger partial charge < -0.3 is 14.9 Å². The van der Waals surface area contributed by atoms with E-state index in [9.17, 15) is 15.0 Å². The molecular formula is C38H72O4. The Labute approximate surface area is 261 Å². The molecule has 1 aliphatic rings. The van der Waals surface area contributed by atoms with Crippen LogP contribution in [0.5, 0.6) is 0 Å². The summed E-state index contributed by atoms with van der Waals surface area (Å²) >= 11 is 0. The lowest BCUT2D eigenvalue weighted by atomic mass is 9.99. The smallest absolute Gasteiger partial charge is 0.334 e. The minimum Gasteiger partial charge on any atom is -0.455 e. The van der Waals surface area contributed by atoms with Crippen molar-refractivity contribution in [2.24, 2.45) is 0 Å². The van der Waals surface area contributed by atoms with E-state index in [4.69, 9.17) is 4.74 Å². The van der Waals surface area contributed by atoms with Gasteiger partial charge in [-0.15, -0.1) is 0 Å². The van der Waals surface area contributed by atoms with Crippen molar-refractivity contribution in [1.82, 2.24) is 0 Å². The van der Waals surface area contributed by atoms with Crippen molar-refractivity contribution in [3.8, 4) is 0 Å². The van der Waals surface area contributed by atoms with Gasteiger partial charge in [-0.05, 0) is 38.7 Å².